The molecule has 0 spiro atoms. The van der Waals surface area contributed by atoms with Gasteiger partial charge >= 0.3 is 6.03 Å². The predicted molar refractivity (Wildman–Crippen MR) is 55.5 cm³/mol. The first-order valence-electron chi connectivity index (χ1n) is 3.73. The van der Waals surface area contributed by atoms with Gasteiger partial charge in [0.05, 0.1) is 5.25 Å². The standard InChI is InChI=1S/C6H13N5O2S/c1-3(14-5(7)11-8)4(12)10-6(13)9-2/h3H,8H2,1-2H3,(H2,7,11)(H2,9,10,12,13). The quantitative estimate of drug-likeness (QED) is 0.200. The molecule has 0 fully saturated rings. The van der Waals surface area contributed by atoms with Crippen LogP contribution in [0.15, 0.2) is 5.10 Å². The van der Waals surface area contributed by atoms with Crippen molar-refractivity contribution in [2.45, 2.75) is 12.2 Å². The van der Waals surface area contributed by atoms with Gasteiger partial charge in [-0.25, -0.2) is 4.79 Å². The number of urea groups is 1. The largest absolute Gasteiger partial charge is 0.377 e. The van der Waals surface area contributed by atoms with Crippen LogP contribution < -0.4 is 22.2 Å². The van der Waals surface area contributed by atoms with Gasteiger partial charge in [-0.15, -0.1) is 0 Å². The van der Waals surface area contributed by atoms with E-state index in [1.54, 1.807) is 6.92 Å². The third kappa shape index (κ3) is 4.55. The number of rotatable bonds is 2. The first-order chi connectivity index (χ1) is 6.51. The summed E-state index contributed by atoms with van der Waals surface area (Å²) in [5, 5.41) is 7.10. The van der Waals surface area contributed by atoms with E-state index in [1.165, 1.54) is 7.05 Å². The minimum Gasteiger partial charge on any atom is -0.377 e. The number of carbonyl (C=O) groups excluding carboxylic acids is 2. The molecule has 0 aliphatic heterocycles. The second-order valence-corrected chi connectivity index (χ2v) is 3.66. The zero-order chi connectivity index (χ0) is 11.1. The molecule has 8 heteroatoms. The summed E-state index contributed by atoms with van der Waals surface area (Å²) in [7, 11) is 1.41. The molecule has 80 valence electrons. The maximum absolute atomic E-state index is 11.2. The molecule has 1 atom stereocenters. The summed E-state index contributed by atoms with van der Waals surface area (Å²) in [6.45, 7) is 1.58. The summed E-state index contributed by atoms with van der Waals surface area (Å²) in [6, 6.07) is -0.564. The molecule has 1 unspecified atom stereocenters. The normalized spacial score (nSPS) is 13.1. The SMILES string of the molecule is CNC(=O)NC(=O)C(C)SC(N)=NN. The summed E-state index contributed by atoms with van der Waals surface area (Å²) in [4.78, 5) is 22.0. The molecular weight excluding hydrogens is 206 g/mol. The Balaban J connectivity index is 4.06. The lowest BCUT2D eigenvalue weighted by atomic mass is 10.4. The van der Waals surface area contributed by atoms with E-state index in [9.17, 15) is 9.59 Å². The van der Waals surface area contributed by atoms with Crippen molar-refractivity contribution in [3.63, 3.8) is 0 Å². The first-order valence-corrected chi connectivity index (χ1v) is 4.61. The molecule has 6 N–H and O–H groups in total. The number of nitrogens with one attached hydrogen (secondary N) is 2. The smallest absolute Gasteiger partial charge is 0.321 e. The van der Waals surface area contributed by atoms with E-state index in [0.717, 1.165) is 11.8 Å². The molecule has 0 aliphatic rings. The molecule has 0 heterocycles. The highest BCUT2D eigenvalue weighted by atomic mass is 32.2. The number of amides is 3. The molecule has 0 saturated heterocycles. The second-order valence-electron chi connectivity index (χ2n) is 2.30. The van der Waals surface area contributed by atoms with Gasteiger partial charge < -0.3 is 16.9 Å². The van der Waals surface area contributed by atoms with Gasteiger partial charge in [0.2, 0.25) is 5.91 Å². The molecule has 0 rings (SSSR count). The van der Waals surface area contributed by atoms with Crippen molar-refractivity contribution in [3.8, 4) is 0 Å². The molecule has 0 aromatic rings. The van der Waals surface area contributed by atoms with Gasteiger partial charge in [-0.2, -0.15) is 5.10 Å². The average Bonchev–Trinajstić information content (AvgIpc) is 2.17. The lowest BCUT2D eigenvalue weighted by Crippen LogP contribution is -2.41. The van der Waals surface area contributed by atoms with Crippen LogP contribution in [0.3, 0.4) is 0 Å². The molecule has 0 aromatic heterocycles. The van der Waals surface area contributed by atoms with E-state index in [2.05, 4.69) is 15.7 Å². The van der Waals surface area contributed by atoms with Crippen molar-refractivity contribution in [3.05, 3.63) is 0 Å². The van der Waals surface area contributed by atoms with Gasteiger partial charge in [0.15, 0.2) is 5.17 Å². The fourth-order valence-corrected chi connectivity index (χ4v) is 1.13. The molecule has 0 saturated carbocycles. The Morgan fingerprint density at radius 3 is 2.50 bits per heavy atom. The monoisotopic (exact) mass is 219 g/mol. The fraction of sp³-hybridized carbons (Fsp3) is 0.500. The summed E-state index contributed by atoms with van der Waals surface area (Å²) >= 11 is 0.971. The Labute approximate surface area is 85.7 Å². The minimum atomic E-state index is -0.564. The van der Waals surface area contributed by atoms with E-state index in [0.29, 0.717) is 0 Å². The highest BCUT2D eigenvalue weighted by Crippen LogP contribution is 2.09. The van der Waals surface area contributed by atoms with Crippen molar-refractivity contribution in [1.29, 1.82) is 0 Å². The molecule has 3 amide bonds. The van der Waals surface area contributed by atoms with Gasteiger partial charge in [0.1, 0.15) is 0 Å². The van der Waals surface area contributed by atoms with Crippen LogP contribution in [-0.2, 0) is 4.79 Å². The van der Waals surface area contributed by atoms with E-state index in [4.69, 9.17) is 11.6 Å². The second kappa shape index (κ2) is 6.08. The molecule has 0 bridgehead atoms. The highest BCUT2D eigenvalue weighted by molar-refractivity contribution is 8.14. The number of amidine groups is 1. The number of imide groups is 1. The Hall–Kier alpha value is -1.44. The Bertz CT molecular complexity index is 255. The minimum absolute atomic E-state index is 0.0876. The Morgan fingerprint density at radius 2 is 2.07 bits per heavy atom. The van der Waals surface area contributed by atoms with Crippen LogP contribution in [0.1, 0.15) is 6.92 Å². The van der Waals surface area contributed by atoms with E-state index in [-0.39, 0.29) is 5.17 Å². The topological polar surface area (TPSA) is 123 Å². The predicted octanol–water partition coefficient (Wildman–Crippen LogP) is -1.25. The average molecular weight is 219 g/mol. The number of hydrogen-bond acceptors (Lipinski definition) is 5. The van der Waals surface area contributed by atoms with E-state index >= 15 is 0 Å². The van der Waals surface area contributed by atoms with Crippen molar-refractivity contribution >= 4 is 28.9 Å². The van der Waals surface area contributed by atoms with E-state index in [1.807, 2.05) is 0 Å². The summed E-state index contributed by atoms with van der Waals surface area (Å²) in [5.41, 5.74) is 5.28. The maximum atomic E-state index is 11.2. The molecule has 0 aromatic carbocycles. The Kier molecular flexibility index (Phi) is 5.46. The zero-order valence-corrected chi connectivity index (χ0v) is 8.72. The summed E-state index contributed by atoms with van der Waals surface area (Å²) < 4.78 is 0. The van der Waals surface area contributed by atoms with Gasteiger partial charge in [-0.1, -0.05) is 11.8 Å². The van der Waals surface area contributed by atoms with Gasteiger partial charge in [0, 0.05) is 7.05 Å². The number of thioether (sulfide) groups is 1. The van der Waals surface area contributed by atoms with Gasteiger partial charge in [-0.3, -0.25) is 10.1 Å². The van der Waals surface area contributed by atoms with Crippen LogP contribution in [0.2, 0.25) is 0 Å². The lowest BCUT2D eigenvalue weighted by Gasteiger charge is -2.09. The molecule has 14 heavy (non-hydrogen) atoms. The fourth-order valence-electron chi connectivity index (χ4n) is 0.541. The van der Waals surface area contributed by atoms with Crippen LogP contribution in [0.4, 0.5) is 4.79 Å². The van der Waals surface area contributed by atoms with Crippen molar-refractivity contribution in [2.24, 2.45) is 16.7 Å². The summed E-state index contributed by atoms with van der Waals surface area (Å²) in [5.74, 6) is 4.42. The van der Waals surface area contributed by atoms with Crippen LogP contribution in [0, 0.1) is 0 Å². The first kappa shape index (κ1) is 12.6. The number of hydrogen-bond donors (Lipinski definition) is 4. The molecule has 7 nitrogen and oxygen atoms in total. The van der Waals surface area contributed by atoms with Crippen LogP contribution in [0.25, 0.3) is 0 Å². The van der Waals surface area contributed by atoms with E-state index < -0.39 is 17.2 Å². The molecule has 0 radical (unpaired) electrons. The van der Waals surface area contributed by atoms with Crippen molar-refractivity contribution in [2.75, 3.05) is 7.05 Å². The third-order valence-corrected chi connectivity index (χ3v) is 2.17. The zero-order valence-electron chi connectivity index (χ0n) is 7.90. The number of hydrazone groups is 1. The number of nitrogens with zero attached hydrogens (tertiary/aromatic N) is 1. The van der Waals surface area contributed by atoms with Crippen LogP contribution >= 0.6 is 11.8 Å². The van der Waals surface area contributed by atoms with Crippen molar-refractivity contribution in [1.82, 2.24) is 10.6 Å². The van der Waals surface area contributed by atoms with Crippen molar-refractivity contribution < 1.29 is 9.59 Å². The van der Waals surface area contributed by atoms with Crippen LogP contribution in [0.5, 0.6) is 0 Å². The third-order valence-electron chi connectivity index (χ3n) is 1.26. The number of carbonyl (C=O) groups is 2. The molecule has 0 aliphatic carbocycles. The number of nitrogens with two attached hydrogens (primary N) is 2. The maximum Gasteiger partial charge on any atom is 0.321 e. The van der Waals surface area contributed by atoms with Gasteiger partial charge in [0.25, 0.3) is 0 Å². The van der Waals surface area contributed by atoms with Gasteiger partial charge in [-0.05, 0) is 6.92 Å². The lowest BCUT2D eigenvalue weighted by molar-refractivity contribution is -0.119. The van der Waals surface area contributed by atoms with Crippen LogP contribution in [-0.4, -0.2) is 29.4 Å². The molecular formula is C6H13N5O2S. The summed E-state index contributed by atoms with van der Waals surface area (Å²) in [6.07, 6.45) is 0. The Morgan fingerprint density at radius 1 is 1.50 bits per heavy atom. The highest BCUT2D eigenvalue weighted by Gasteiger charge is 2.16.